The molecule has 0 spiro atoms. The van der Waals surface area contributed by atoms with E-state index in [9.17, 15) is 9.59 Å². The van der Waals surface area contributed by atoms with Gasteiger partial charge in [-0.05, 0) is 17.9 Å². The molecule has 9 heteroatoms. The van der Waals surface area contributed by atoms with Crippen molar-refractivity contribution in [2.24, 2.45) is 0 Å². The standard InChI is InChI=1S/C19H21N3O4S2/c1-4-6-22-18(24)17-15(5-7-27-17)21-19(22)28-11-16(23)20-12-8-13(25-2)10-14(9-12)26-3/h5,7-10H,4,6,11H2,1-3H3,(H,20,23). The first kappa shape index (κ1) is 20.2. The molecule has 7 nitrogen and oxygen atoms in total. The number of hydrogen-bond acceptors (Lipinski definition) is 7. The molecule has 1 amide bonds. The van der Waals surface area contributed by atoms with Crippen LogP contribution in [-0.2, 0) is 11.3 Å². The van der Waals surface area contributed by atoms with Gasteiger partial charge in [-0.1, -0.05) is 18.7 Å². The summed E-state index contributed by atoms with van der Waals surface area (Å²) >= 11 is 2.64. The van der Waals surface area contributed by atoms with Gasteiger partial charge in [0.25, 0.3) is 5.56 Å². The minimum Gasteiger partial charge on any atom is -0.497 e. The van der Waals surface area contributed by atoms with E-state index < -0.39 is 0 Å². The lowest BCUT2D eigenvalue weighted by Crippen LogP contribution is -2.23. The average molecular weight is 420 g/mol. The summed E-state index contributed by atoms with van der Waals surface area (Å²) in [4.78, 5) is 29.7. The molecule has 0 bridgehead atoms. The van der Waals surface area contributed by atoms with Crippen LogP contribution in [0.4, 0.5) is 5.69 Å². The molecule has 0 aliphatic heterocycles. The predicted molar refractivity (Wildman–Crippen MR) is 113 cm³/mol. The molecule has 0 fully saturated rings. The molecule has 148 valence electrons. The number of thiophene rings is 1. The fourth-order valence-electron chi connectivity index (χ4n) is 2.66. The fraction of sp³-hybridized carbons (Fsp3) is 0.316. The van der Waals surface area contributed by atoms with Crippen LogP contribution in [0, 0.1) is 0 Å². The second kappa shape index (κ2) is 9.11. The number of rotatable bonds is 8. The maximum atomic E-state index is 12.7. The number of ether oxygens (including phenoxy) is 2. The lowest BCUT2D eigenvalue weighted by molar-refractivity contribution is -0.113. The summed E-state index contributed by atoms with van der Waals surface area (Å²) in [6.07, 6.45) is 0.807. The van der Waals surface area contributed by atoms with Crippen molar-refractivity contribution in [3.05, 3.63) is 40.0 Å². The Morgan fingerprint density at radius 1 is 1.25 bits per heavy atom. The van der Waals surface area contributed by atoms with Crippen LogP contribution >= 0.6 is 23.1 Å². The van der Waals surface area contributed by atoms with E-state index in [-0.39, 0.29) is 17.2 Å². The molecule has 1 N–H and O–H groups in total. The number of amides is 1. The van der Waals surface area contributed by atoms with Gasteiger partial charge >= 0.3 is 0 Å². The zero-order valence-corrected chi connectivity index (χ0v) is 17.5. The second-order valence-electron chi connectivity index (χ2n) is 5.92. The van der Waals surface area contributed by atoms with Gasteiger partial charge in [-0.3, -0.25) is 14.2 Å². The molecule has 3 aromatic rings. The third-order valence-corrected chi connectivity index (χ3v) is 5.81. The maximum Gasteiger partial charge on any atom is 0.272 e. The van der Waals surface area contributed by atoms with Gasteiger partial charge in [0.1, 0.15) is 16.2 Å². The summed E-state index contributed by atoms with van der Waals surface area (Å²) in [7, 11) is 3.10. The van der Waals surface area contributed by atoms with E-state index in [1.54, 1.807) is 37.0 Å². The van der Waals surface area contributed by atoms with Gasteiger partial charge in [-0.2, -0.15) is 0 Å². The average Bonchev–Trinajstić information content (AvgIpc) is 3.17. The molecule has 0 saturated carbocycles. The van der Waals surface area contributed by atoms with Gasteiger partial charge in [0.15, 0.2) is 5.16 Å². The largest absolute Gasteiger partial charge is 0.497 e. The normalized spacial score (nSPS) is 10.8. The Morgan fingerprint density at radius 3 is 2.61 bits per heavy atom. The highest BCUT2D eigenvalue weighted by molar-refractivity contribution is 7.99. The zero-order valence-electron chi connectivity index (χ0n) is 15.9. The van der Waals surface area contributed by atoms with E-state index in [0.29, 0.717) is 39.1 Å². The van der Waals surface area contributed by atoms with E-state index in [1.807, 2.05) is 18.4 Å². The zero-order chi connectivity index (χ0) is 20.1. The number of fused-ring (bicyclic) bond motifs is 1. The topological polar surface area (TPSA) is 82.5 Å². The number of nitrogens with zero attached hydrogens (tertiary/aromatic N) is 2. The number of methoxy groups -OCH3 is 2. The van der Waals surface area contributed by atoms with Crippen molar-refractivity contribution in [1.82, 2.24) is 9.55 Å². The Morgan fingerprint density at radius 2 is 1.96 bits per heavy atom. The van der Waals surface area contributed by atoms with E-state index in [1.165, 1.54) is 23.1 Å². The Bertz CT molecular complexity index is 1020. The van der Waals surface area contributed by atoms with E-state index in [0.717, 1.165) is 6.42 Å². The molecule has 0 aliphatic rings. The SMILES string of the molecule is CCCn1c(SCC(=O)Nc2cc(OC)cc(OC)c2)nc2ccsc2c1=O. The van der Waals surface area contributed by atoms with Crippen LogP contribution in [0.3, 0.4) is 0 Å². The minimum atomic E-state index is -0.206. The third-order valence-electron chi connectivity index (χ3n) is 3.95. The van der Waals surface area contributed by atoms with Crippen molar-refractivity contribution in [1.29, 1.82) is 0 Å². The van der Waals surface area contributed by atoms with Gasteiger partial charge in [0, 0.05) is 30.4 Å². The Balaban J connectivity index is 1.76. The second-order valence-corrected chi connectivity index (χ2v) is 7.78. The monoisotopic (exact) mass is 419 g/mol. The first-order valence-electron chi connectivity index (χ1n) is 8.69. The minimum absolute atomic E-state index is 0.0534. The molecular weight excluding hydrogens is 398 g/mol. The highest BCUT2D eigenvalue weighted by atomic mass is 32.2. The smallest absolute Gasteiger partial charge is 0.272 e. The van der Waals surface area contributed by atoms with Crippen molar-refractivity contribution in [2.75, 3.05) is 25.3 Å². The van der Waals surface area contributed by atoms with Gasteiger partial charge in [0.05, 0.1) is 25.5 Å². The summed E-state index contributed by atoms with van der Waals surface area (Å²) in [6.45, 7) is 2.57. The Hall–Kier alpha value is -2.52. The van der Waals surface area contributed by atoms with Crippen molar-refractivity contribution < 1.29 is 14.3 Å². The number of nitrogens with one attached hydrogen (secondary N) is 1. The predicted octanol–water partition coefficient (Wildman–Crippen LogP) is 3.62. The summed E-state index contributed by atoms with van der Waals surface area (Å²) in [5.74, 6) is 1.10. The molecule has 0 atom stereocenters. The van der Waals surface area contributed by atoms with Crippen molar-refractivity contribution in [3.63, 3.8) is 0 Å². The van der Waals surface area contributed by atoms with Crippen molar-refractivity contribution >= 4 is 44.9 Å². The molecule has 2 aromatic heterocycles. The highest BCUT2D eigenvalue weighted by Gasteiger charge is 2.14. The molecule has 3 rings (SSSR count). The van der Waals surface area contributed by atoms with Crippen LogP contribution in [0.15, 0.2) is 39.6 Å². The van der Waals surface area contributed by atoms with E-state index in [4.69, 9.17) is 9.47 Å². The lowest BCUT2D eigenvalue weighted by atomic mass is 10.2. The lowest BCUT2D eigenvalue weighted by Gasteiger charge is -2.12. The number of anilines is 1. The first-order valence-corrected chi connectivity index (χ1v) is 10.6. The molecule has 1 aromatic carbocycles. The number of benzene rings is 1. The number of hydrogen-bond donors (Lipinski definition) is 1. The van der Waals surface area contributed by atoms with Crippen LogP contribution in [0.25, 0.3) is 10.2 Å². The van der Waals surface area contributed by atoms with E-state index >= 15 is 0 Å². The molecule has 0 saturated heterocycles. The Labute approximate surface area is 170 Å². The molecule has 2 heterocycles. The summed E-state index contributed by atoms with van der Waals surface area (Å²) in [6, 6.07) is 6.99. The number of carbonyl (C=O) groups is 1. The van der Waals surface area contributed by atoms with Gasteiger partial charge in [0.2, 0.25) is 5.91 Å². The number of aromatic nitrogens is 2. The molecule has 0 radical (unpaired) electrons. The molecule has 0 aliphatic carbocycles. The third kappa shape index (κ3) is 4.48. The van der Waals surface area contributed by atoms with Crippen LogP contribution in [0.5, 0.6) is 11.5 Å². The number of thioether (sulfide) groups is 1. The summed E-state index contributed by atoms with van der Waals surface area (Å²) in [5.41, 5.74) is 1.19. The molecule has 28 heavy (non-hydrogen) atoms. The van der Waals surface area contributed by atoms with Gasteiger partial charge in [-0.15, -0.1) is 11.3 Å². The number of carbonyl (C=O) groups excluding carboxylic acids is 1. The van der Waals surface area contributed by atoms with Crippen LogP contribution in [0.2, 0.25) is 0 Å². The van der Waals surface area contributed by atoms with Gasteiger partial charge < -0.3 is 14.8 Å². The first-order chi connectivity index (χ1) is 13.5. The van der Waals surface area contributed by atoms with Crippen LogP contribution in [-0.4, -0.2) is 35.4 Å². The fourth-order valence-corrected chi connectivity index (χ4v) is 4.26. The van der Waals surface area contributed by atoms with Crippen LogP contribution in [0.1, 0.15) is 13.3 Å². The maximum absolute atomic E-state index is 12.7. The van der Waals surface area contributed by atoms with E-state index in [2.05, 4.69) is 10.3 Å². The summed E-state index contributed by atoms with van der Waals surface area (Å²) in [5, 5.41) is 5.23. The highest BCUT2D eigenvalue weighted by Crippen LogP contribution is 2.26. The quantitative estimate of drug-likeness (QED) is 0.444. The molecular formula is C19H21N3O4S2. The van der Waals surface area contributed by atoms with Crippen molar-refractivity contribution in [2.45, 2.75) is 25.0 Å². The van der Waals surface area contributed by atoms with Crippen molar-refractivity contribution in [3.8, 4) is 11.5 Å². The van der Waals surface area contributed by atoms with Gasteiger partial charge in [-0.25, -0.2) is 4.98 Å². The Kier molecular flexibility index (Phi) is 6.58. The molecule has 0 unspecified atom stereocenters. The van der Waals surface area contributed by atoms with Crippen LogP contribution < -0.4 is 20.3 Å². The summed E-state index contributed by atoms with van der Waals surface area (Å²) < 4.78 is 12.7.